The van der Waals surface area contributed by atoms with Crippen molar-refractivity contribution in [3.05, 3.63) is 35.4 Å². The number of nitrogens with zero attached hydrogens (tertiary/aromatic N) is 2. The molecule has 108 valence electrons. The van der Waals surface area contributed by atoms with Crippen molar-refractivity contribution in [1.29, 1.82) is 0 Å². The van der Waals surface area contributed by atoms with E-state index >= 15 is 0 Å². The summed E-state index contributed by atoms with van der Waals surface area (Å²) in [6, 6.07) is 8.32. The lowest BCUT2D eigenvalue weighted by molar-refractivity contribution is 0.277. The molecular formula is C15H22N4S. The van der Waals surface area contributed by atoms with Crippen molar-refractivity contribution in [3.8, 4) is 0 Å². The van der Waals surface area contributed by atoms with Gasteiger partial charge in [0.25, 0.3) is 0 Å². The fourth-order valence-corrected chi connectivity index (χ4v) is 2.56. The van der Waals surface area contributed by atoms with Crippen LogP contribution >= 0.6 is 12.2 Å². The molecule has 1 fully saturated rings. The maximum absolute atomic E-state index is 5.36. The van der Waals surface area contributed by atoms with E-state index in [4.69, 9.17) is 18.0 Å². The van der Waals surface area contributed by atoms with Crippen molar-refractivity contribution < 1.29 is 0 Å². The number of nitrogens with two attached hydrogens (primary N) is 1. The van der Waals surface area contributed by atoms with Crippen molar-refractivity contribution in [2.75, 3.05) is 13.1 Å². The molecule has 0 radical (unpaired) electrons. The third-order valence-corrected chi connectivity index (χ3v) is 3.62. The van der Waals surface area contributed by atoms with Crippen LogP contribution in [0.15, 0.2) is 29.4 Å². The Hall–Kier alpha value is -1.46. The molecule has 4 nitrogen and oxygen atoms in total. The summed E-state index contributed by atoms with van der Waals surface area (Å²) in [6.45, 7) is 3.36. The van der Waals surface area contributed by atoms with Crippen molar-refractivity contribution in [2.24, 2.45) is 10.8 Å². The minimum absolute atomic E-state index is 0.186. The number of hydrazone groups is 1. The second-order valence-electron chi connectivity index (χ2n) is 5.12. The number of hydrogen-bond donors (Lipinski definition) is 2. The molecule has 0 saturated carbocycles. The van der Waals surface area contributed by atoms with Gasteiger partial charge in [-0.25, -0.2) is 0 Å². The fourth-order valence-electron chi connectivity index (χ4n) is 2.50. The second-order valence-corrected chi connectivity index (χ2v) is 5.56. The van der Waals surface area contributed by atoms with Crippen molar-refractivity contribution in [2.45, 2.75) is 32.2 Å². The van der Waals surface area contributed by atoms with Crippen LogP contribution in [-0.4, -0.2) is 29.3 Å². The number of likely N-dealkylation sites (tertiary alicyclic amines) is 1. The van der Waals surface area contributed by atoms with Crippen molar-refractivity contribution in [3.63, 3.8) is 0 Å². The maximum Gasteiger partial charge on any atom is 0.184 e. The molecule has 0 aromatic heterocycles. The lowest BCUT2D eigenvalue weighted by Crippen LogP contribution is -2.25. The van der Waals surface area contributed by atoms with Gasteiger partial charge in [-0.3, -0.25) is 10.3 Å². The lowest BCUT2D eigenvalue weighted by Gasteiger charge is -2.20. The van der Waals surface area contributed by atoms with Crippen molar-refractivity contribution in [1.82, 2.24) is 10.3 Å². The van der Waals surface area contributed by atoms with Gasteiger partial charge in [0.1, 0.15) is 0 Å². The molecule has 1 aromatic carbocycles. The first-order valence-corrected chi connectivity index (χ1v) is 7.55. The van der Waals surface area contributed by atoms with Gasteiger partial charge in [-0.05, 0) is 49.3 Å². The average Bonchev–Trinajstić information content (AvgIpc) is 2.69. The van der Waals surface area contributed by atoms with E-state index < -0.39 is 0 Å². The molecule has 1 aliphatic heterocycles. The lowest BCUT2D eigenvalue weighted by atomic mass is 10.1. The van der Waals surface area contributed by atoms with Gasteiger partial charge in [0.2, 0.25) is 0 Å². The van der Waals surface area contributed by atoms with Gasteiger partial charge in [-0.2, -0.15) is 5.10 Å². The molecule has 0 atom stereocenters. The molecule has 2 rings (SSSR count). The smallest absolute Gasteiger partial charge is 0.184 e. The van der Waals surface area contributed by atoms with Crippen LogP contribution in [0.5, 0.6) is 0 Å². The molecule has 1 saturated heterocycles. The summed E-state index contributed by atoms with van der Waals surface area (Å²) in [6.07, 6.45) is 7.11. The van der Waals surface area contributed by atoms with Gasteiger partial charge in [0, 0.05) is 6.54 Å². The third kappa shape index (κ3) is 4.90. The predicted octanol–water partition coefficient (Wildman–Crippen LogP) is 2.23. The summed E-state index contributed by atoms with van der Waals surface area (Å²) >= 11 is 4.73. The Labute approximate surface area is 126 Å². The van der Waals surface area contributed by atoms with E-state index in [1.165, 1.54) is 44.3 Å². The van der Waals surface area contributed by atoms with E-state index in [-0.39, 0.29) is 5.11 Å². The van der Waals surface area contributed by atoms with E-state index in [0.717, 1.165) is 12.1 Å². The fraction of sp³-hybridized carbons (Fsp3) is 0.467. The standard InChI is InChI=1S/C15H22N4S/c16-15(20)18-17-11-13-7-3-4-8-14(13)12-19-9-5-1-2-6-10-19/h3-4,7-8,11H,1-2,5-6,9-10,12H2,(H3,16,18,20). The maximum atomic E-state index is 5.36. The van der Waals surface area contributed by atoms with Crippen LogP contribution in [-0.2, 0) is 6.54 Å². The second kappa shape index (κ2) is 7.97. The molecule has 3 N–H and O–H groups in total. The Kier molecular flexibility index (Phi) is 5.95. The van der Waals surface area contributed by atoms with Gasteiger partial charge in [0.05, 0.1) is 6.21 Å². The first kappa shape index (κ1) is 14.9. The SMILES string of the molecule is NC(=S)NN=Cc1ccccc1CN1CCCCCC1. The predicted molar refractivity (Wildman–Crippen MR) is 87.7 cm³/mol. The zero-order valence-corrected chi connectivity index (χ0v) is 12.5. The number of rotatable bonds is 4. The average molecular weight is 290 g/mol. The summed E-state index contributed by atoms with van der Waals surface area (Å²) in [5.41, 5.74) is 10.4. The van der Waals surface area contributed by atoms with Crippen LogP contribution < -0.4 is 11.2 Å². The number of nitrogens with one attached hydrogen (secondary N) is 1. The number of benzene rings is 1. The summed E-state index contributed by atoms with van der Waals surface area (Å²) in [5, 5.41) is 4.24. The Morgan fingerprint density at radius 1 is 1.25 bits per heavy atom. The highest BCUT2D eigenvalue weighted by Gasteiger charge is 2.10. The van der Waals surface area contributed by atoms with Crippen LogP contribution in [0.4, 0.5) is 0 Å². The zero-order chi connectivity index (χ0) is 14.2. The van der Waals surface area contributed by atoms with Crippen LogP contribution in [0.1, 0.15) is 36.8 Å². The van der Waals surface area contributed by atoms with Crippen LogP contribution in [0.3, 0.4) is 0 Å². The topological polar surface area (TPSA) is 53.6 Å². The highest BCUT2D eigenvalue weighted by atomic mass is 32.1. The van der Waals surface area contributed by atoms with Gasteiger partial charge in [-0.15, -0.1) is 0 Å². The molecule has 0 unspecified atom stereocenters. The minimum atomic E-state index is 0.186. The van der Waals surface area contributed by atoms with Crippen LogP contribution in [0, 0.1) is 0 Å². The molecule has 5 heteroatoms. The van der Waals surface area contributed by atoms with Gasteiger partial charge in [-0.1, -0.05) is 37.1 Å². The summed E-state index contributed by atoms with van der Waals surface area (Å²) < 4.78 is 0. The zero-order valence-electron chi connectivity index (χ0n) is 11.7. The quantitative estimate of drug-likeness (QED) is 0.507. The molecule has 0 amide bonds. The summed E-state index contributed by atoms with van der Waals surface area (Å²) in [7, 11) is 0. The molecule has 1 aromatic rings. The summed E-state index contributed by atoms with van der Waals surface area (Å²) in [5.74, 6) is 0. The van der Waals surface area contributed by atoms with E-state index in [0.29, 0.717) is 0 Å². The monoisotopic (exact) mass is 290 g/mol. The van der Waals surface area contributed by atoms with Gasteiger partial charge >= 0.3 is 0 Å². The molecule has 0 aliphatic carbocycles. The van der Waals surface area contributed by atoms with Crippen molar-refractivity contribution >= 4 is 23.5 Å². The minimum Gasteiger partial charge on any atom is -0.375 e. The van der Waals surface area contributed by atoms with E-state index in [1.54, 1.807) is 6.21 Å². The van der Waals surface area contributed by atoms with Gasteiger partial charge < -0.3 is 5.73 Å². The molecule has 0 bridgehead atoms. The largest absolute Gasteiger partial charge is 0.375 e. The first-order chi connectivity index (χ1) is 9.75. The molecule has 1 aliphatic rings. The van der Waals surface area contributed by atoms with E-state index in [9.17, 15) is 0 Å². The van der Waals surface area contributed by atoms with E-state index in [2.05, 4.69) is 33.6 Å². The highest BCUT2D eigenvalue weighted by Crippen LogP contribution is 2.15. The van der Waals surface area contributed by atoms with Gasteiger partial charge in [0.15, 0.2) is 5.11 Å². The normalized spacial score (nSPS) is 17.0. The summed E-state index contributed by atoms with van der Waals surface area (Å²) in [4.78, 5) is 2.53. The first-order valence-electron chi connectivity index (χ1n) is 7.14. The Morgan fingerprint density at radius 2 is 1.95 bits per heavy atom. The Balaban J connectivity index is 2.02. The molecule has 1 heterocycles. The Morgan fingerprint density at radius 3 is 2.65 bits per heavy atom. The molecule has 0 spiro atoms. The van der Waals surface area contributed by atoms with Crippen LogP contribution in [0.25, 0.3) is 0 Å². The number of hydrogen-bond acceptors (Lipinski definition) is 3. The molecular weight excluding hydrogens is 268 g/mol. The Bertz CT molecular complexity index is 465. The van der Waals surface area contributed by atoms with Crippen LogP contribution in [0.2, 0.25) is 0 Å². The molecule has 20 heavy (non-hydrogen) atoms. The number of thiocarbonyl (C=S) groups is 1. The highest BCUT2D eigenvalue weighted by molar-refractivity contribution is 7.80. The third-order valence-electron chi connectivity index (χ3n) is 3.53. The van der Waals surface area contributed by atoms with E-state index in [1.807, 2.05) is 6.07 Å².